The van der Waals surface area contributed by atoms with Crippen LogP contribution in [-0.4, -0.2) is 55.3 Å². The summed E-state index contributed by atoms with van der Waals surface area (Å²) in [6, 6.07) is 17.1. The van der Waals surface area contributed by atoms with Crippen molar-refractivity contribution in [1.82, 2.24) is 5.32 Å². The summed E-state index contributed by atoms with van der Waals surface area (Å²) in [6.45, 7) is 5.26. The van der Waals surface area contributed by atoms with Crippen molar-refractivity contribution < 1.29 is 28.7 Å². The molecule has 5 rings (SSSR count). The number of amides is 4. The number of hydrogen-bond acceptors (Lipinski definition) is 6. The van der Waals surface area contributed by atoms with E-state index in [4.69, 9.17) is 4.74 Å². The van der Waals surface area contributed by atoms with Gasteiger partial charge in [-0.1, -0.05) is 49.2 Å². The Kier molecular flexibility index (Phi) is 9.61. The fourth-order valence-electron chi connectivity index (χ4n) is 5.99. The first-order valence-electron chi connectivity index (χ1n) is 15.3. The van der Waals surface area contributed by atoms with Crippen molar-refractivity contribution >= 4 is 46.7 Å². The van der Waals surface area contributed by atoms with Gasteiger partial charge < -0.3 is 25.2 Å². The quantitative estimate of drug-likeness (QED) is 0.259. The van der Waals surface area contributed by atoms with Crippen LogP contribution in [0.5, 0.6) is 0 Å². The van der Waals surface area contributed by atoms with Crippen LogP contribution in [0.2, 0.25) is 0 Å². The zero-order chi connectivity index (χ0) is 32.1. The van der Waals surface area contributed by atoms with Gasteiger partial charge in [-0.05, 0) is 75.1 Å². The standard InChI is InChI=1S/C35H38N4O6/c1-4-45-34(43)25-13-9-14-26(19-25)36-35(44)37-28-20-38(32(41)24-11-6-7-12-24)29-17-16-22(2)18-30(29)39(33(28)42)21-31(40)27-15-8-5-10-23(27)3/h5,8-10,13-19,24,28H,4,6-7,11-12,20-21H2,1-3H3,(H2,36,37,44). The molecule has 2 aliphatic rings. The van der Waals surface area contributed by atoms with Crippen molar-refractivity contribution in [2.75, 3.05) is 34.8 Å². The highest BCUT2D eigenvalue weighted by Gasteiger charge is 2.40. The highest BCUT2D eigenvalue weighted by molar-refractivity contribution is 6.13. The molecule has 1 fully saturated rings. The summed E-state index contributed by atoms with van der Waals surface area (Å²) >= 11 is 0. The van der Waals surface area contributed by atoms with E-state index in [-0.39, 0.29) is 42.9 Å². The first kappa shape index (κ1) is 31.4. The van der Waals surface area contributed by atoms with Crippen molar-refractivity contribution in [2.24, 2.45) is 5.92 Å². The van der Waals surface area contributed by atoms with Crippen LogP contribution >= 0.6 is 0 Å². The first-order chi connectivity index (χ1) is 21.7. The maximum Gasteiger partial charge on any atom is 0.338 e. The van der Waals surface area contributed by atoms with Gasteiger partial charge in [0.15, 0.2) is 5.78 Å². The number of anilines is 3. The lowest BCUT2D eigenvalue weighted by atomic mass is 10.0. The third-order valence-corrected chi connectivity index (χ3v) is 8.30. The minimum atomic E-state index is -1.17. The second kappa shape index (κ2) is 13.8. The Balaban J connectivity index is 1.48. The predicted molar refractivity (Wildman–Crippen MR) is 172 cm³/mol. The summed E-state index contributed by atoms with van der Waals surface area (Å²) < 4.78 is 5.05. The number of rotatable bonds is 8. The Labute approximate surface area is 262 Å². The number of nitrogens with one attached hydrogen (secondary N) is 2. The smallest absolute Gasteiger partial charge is 0.338 e. The number of fused-ring (bicyclic) bond motifs is 1. The number of ether oxygens (including phenoxy) is 1. The van der Waals surface area contributed by atoms with Crippen molar-refractivity contribution in [2.45, 2.75) is 52.5 Å². The van der Waals surface area contributed by atoms with Crippen LogP contribution in [0.4, 0.5) is 21.9 Å². The average molecular weight is 611 g/mol. The largest absolute Gasteiger partial charge is 0.462 e. The van der Waals surface area contributed by atoms with E-state index in [1.807, 2.05) is 32.0 Å². The molecule has 3 aromatic rings. The lowest BCUT2D eigenvalue weighted by Crippen LogP contribution is -2.54. The number of nitrogens with zero attached hydrogens (tertiary/aromatic N) is 2. The van der Waals surface area contributed by atoms with Crippen LogP contribution in [0.15, 0.2) is 66.7 Å². The summed E-state index contributed by atoms with van der Waals surface area (Å²) in [6.07, 6.45) is 3.43. The molecule has 0 spiro atoms. The molecule has 1 aliphatic heterocycles. The SMILES string of the molecule is CCOC(=O)c1cccc(NC(=O)NC2CN(C(=O)C3CCCC3)c3ccc(C)cc3N(CC(=O)c3ccccc3C)C2=O)c1. The molecule has 234 valence electrons. The second-order valence-electron chi connectivity index (χ2n) is 11.5. The molecule has 0 radical (unpaired) electrons. The number of Topliss-reactive ketones (excluding diaryl/α,β-unsaturated/α-hetero) is 1. The molecule has 3 aromatic carbocycles. The zero-order valence-corrected chi connectivity index (χ0v) is 25.8. The summed E-state index contributed by atoms with van der Waals surface area (Å²) in [5.74, 6) is -1.59. The van der Waals surface area contributed by atoms with E-state index in [2.05, 4.69) is 10.6 Å². The van der Waals surface area contributed by atoms with E-state index < -0.39 is 23.9 Å². The van der Waals surface area contributed by atoms with Crippen LogP contribution in [-0.2, 0) is 14.3 Å². The molecule has 1 heterocycles. The van der Waals surface area contributed by atoms with E-state index in [0.29, 0.717) is 22.6 Å². The van der Waals surface area contributed by atoms with E-state index in [1.165, 1.54) is 11.0 Å². The van der Waals surface area contributed by atoms with Crippen LogP contribution < -0.4 is 20.4 Å². The van der Waals surface area contributed by atoms with Gasteiger partial charge in [0.1, 0.15) is 6.04 Å². The number of ketones is 1. The molecule has 1 aliphatic carbocycles. The number of urea groups is 1. The van der Waals surface area contributed by atoms with Crippen LogP contribution in [0, 0.1) is 19.8 Å². The zero-order valence-electron chi connectivity index (χ0n) is 25.8. The first-order valence-corrected chi connectivity index (χ1v) is 15.3. The van der Waals surface area contributed by atoms with E-state index in [0.717, 1.165) is 36.8 Å². The number of aryl methyl sites for hydroxylation is 2. The second-order valence-corrected chi connectivity index (χ2v) is 11.5. The van der Waals surface area contributed by atoms with Crippen molar-refractivity contribution in [3.63, 3.8) is 0 Å². The molecule has 10 heteroatoms. The van der Waals surface area contributed by atoms with Gasteiger partial charge in [-0.2, -0.15) is 0 Å². The summed E-state index contributed by atoms with van der Waals surface area (Å²) in [7, 11) is 0. The van der Waals surface area contributed by atoms with Gasteiger partial charge in [-0.3, -0.25) is 14.4 Å². The Morgan fingerprint density at radius 1 is 0.911 bits per heavy atom. The molecule has 4 amide bonds. The number of hydrogen-bond donors (Lipinski definition) is 2. The number of esters is 1. The highest BCUT2D eigenvalue weighted by atomic mass is 16.5. The Hall–Kier alpha value is -4.99. The van der Waals surface area contributed by atoms with Gasteiger partial charge in [-0.25, -0.2) is 9.59 Å². The summed E-state index contributed by atoms with van der Waals surface area (Å²) in [5, 5.41) is 5.43. The van der Waals surface area contributed by atoms with Gasteiger partial charge in [0.25, 0.3) is 5.91 Å². The van der Waals surface area contributed by atoms with Crippen molar-refractivity contribution in [3.05, 3.63) is 89.0 Å². The van der Waals surface area contributed by atoms with E-state index in [9.17, 15) is 24.0 Å². The van der Waals surface area contributed by atoms with Crippen LogP contribution in [0.3, 0.4) is 0 Å². The third kappa shape index (κ3) is 7.06. The van der Waals surface area contributed by atoms with Crippen LogP contribution in [0.25, 0.3) is 0 Å². The van der Waals surface area contributed by atoms with Gasteiger partial charge in [0, 0.05) is 17.2 Å². The molecule has 10 nitrogen and oxygen atoms in total. The molecule has 0 aromatic heterocycles. The van der Waals surface area contributed by atoms with Gasteiger partial charge in [0.2, 0.25) is 5.91 Å². The molecule has 1 unspecified atom stereocenters. The average Bonchev–Trinajstić information content (AvgIpc) is 3.54. The maximum atomic E-state index is 14.3. The summed E-state index contributed by atoms with van der Waals surface area (Å²) in [4.78, 5) is 70.3. The Bertz CT molecular complexity index is 1630. The predicted octanol–water partition coefficient (Wildman–Crippen LogP) is 5.42. The third-order valence-electron chi connectivity index (χ3n) is 8.30. The molecule has 45 heavy (non-hydrogen) atoms. The maximum absolute atomic E-state index is 14.3. The van der Waals surface area contributed by atoms with Crippen LogP contribution in [0.1, 0.15) is 64.4 Å². The lowest BCUT2D eigenvalue weighted by molar-refractivity contribution is -0.122. The highest BCUT2D eigenvalue weighted by Crippen LogP contribution is 2.37. The van der Waals surface area contributed by atoms with Crippen molar-refractivity contribution in [1.29, 1.82) is 0 Å². The minimum Gasteiger partial charge on any atom is -0.462 e. The summed E-state index contributed by atoms with van der Waals surface area (Å²) in [5.41, 5.74) is 3.69. The fourth-order valence-corrected chi connectivity index (χ4v) is 5.99. The molecular formula is C35H38N4O6. The number of carbonyl (C=O) groups is 5. The molecular weight excluding hydrogens is 572 g/mol. The van der Waals surface area contributed by atoms with Gasteiger partial charge in [-0.15, -0.1) is 0 Å². The topological polar surface area (TPSA) is 125 Å². The fraction of sp³-hybridized carbons (Fsp3) is 0.343. The van der Waals surface area contributed by atoms with E-state index >= 15 is 0 Å². The Morgan fingerprint density at radius 3 is 2.40 bits per heavy atom. The molecule has 0 bridgehead atoms. The monoisotopic (exact) mass is 610 g/mol. The number of carbonyl (C=O) groups excluding carboxylic acids is 5. The number of benzene rings is 3. The van der Waals surface area contributed by atoms with Crippen molar-refractivity contribution in [3.8, 4) is 0 Å². The van der Waals surface area contributed by atoms with Gasteiger partial charge >= 0.3 is 12.0 Å². The Morgan fingerprint density at radius 2 is 1.67 bits per heavy atom. The molecule has 1 saturated carbocycles. The van der Waals surface area contributed by atoms with Gasteiger partial charge in [0.05, 0.1) is 36.6 Å². The lowest BCUT2D eigenvalue weighted by Gasteiger charge is -2.27. The molecule has 0 saturated heterocycles. The minimum absolute atomic E-state index is 0.102. The van der Waals surface area contributed by atoms with E-state index in [1.54, 1.807) is 54.3 Å². The molecule has 1 atom stereocenters. The molecule has 2 N–H and O–H groups in total. The normalized spacial score (nSPS) is 16.5.